The highest BCUT2D eigenvalue weighted by Gasteiger charge is 2.31. The number of carboxylic acid groups (broad SMARTS) is 2. The second-order valence-corrected chi connectivity index (χ2v) is 4.67. The zero-order valence-corrected chi connectivity index (χ0v) is 11.5. The summed E-state index contributed by atoms with van der Waals surface area (Å²) in [4.78, 5) is 33.2. The lowest BCUT2D eigenvalue weighted by molar-refractivity contribution is -0.151. The van der Waals surface area contributed by atoms with Crippen molar-refractivity contribution in [3.05, 3.63) is 0 Å². The maximum absolute atomic E-state index is 11.6. The maximum Gasteiger partial charge on any atom is 0.327 e. The summed E-state index contributed by atoms with van der Waals surface area (Å²) >= 11 is 0. The second kappa shape index (κ2) is 9.35. The number of hydrogen-bond donors (Lipinski definition) is 3. The molecular formula is C13H23NO5. The predicted octanol–water partition coefficient (Wildman–Crippen LogP) is 1.64. The molecule has 1 amide bonds. The van der Waals surface area contributed by atoms with Gasteiger partial charge in [0, 0.05) is 6.42 Å². The standard InChI is InChI=1S/C13H23NO5/c1-3-4-5-6-7-8-10(15)14-11(13(18)19)9(2)12(16)17/h9,11H,3-8H2,1-2H3,(H,14,15)(H,16,17)(H,18,19)/t9?,11-/m0/s1. The molecule has 0 bridgehead atoms. The topological polar surface area (TPSA) is 104 Å². The number of amides is 1. The maximum atomic E-state index is 11.6. The van der Waals surface area contributed by atoms with Crippen molar-refractivity contribution in [2.45, 2.75) is 58.4 Å². The van der Waals surface area contributed by atoms with E-state index in [4.69, 9.17) is 10.2 Å². The van der Waals surface area contributed by atoms with Gasteiger partial charge in [0.25, 0.3) is 0 Å². The summed E-state index contributed by atoms with van der Waals surface area (Å²) < 4.78 is 0. The van der Waals surface area contributed by atoms with E-state index in [2.05, 4.69) is 12.2 Å². The number of carbonyl (C=O) groups is 3. The highest BCUT2D eigenvalue weighted by atomic mass is 16.4. The average Bonchev–Trinajstić information content (AvgIpc) is 2.34. The molecule has 0 aliphatic carbocycles. The van der Waals surface area contributed by atoms with E-state index in [1.54, 1.807) is 0 Å². The third-order valence-electron chi connectivity index (χ3n) is 2.98. The van der Waals surface area contributed by atoms with Gasteiger partial charge in [-0.25, -0.2) is 4.79 Å². The SMILES string of the molecule is CCCCCCCC(=O)N[C@H](C(=O)O)C(C)C(=O)O. The third kappa shape index (κ3) is 7.43. The van der Waals surface area contributed by atoms with E-state index in [0.717, 1.165) is 25.7 Å². The summed E-state index contributed by atoms with van der Waals surface area (Å²) in [6.45, 7) is 3.36. The van der Waals surface area contributed by atoms with Crippen molar-refractivity contribution in [2.24, 2.45) is 5.92 Å². The molecule has 0 radical (unpaired) electrons. The summed E-state index contributed by atoms with van der Waals surface area (Å²) in [5.41, 5.74) is 0. The number of carboxylic acids is 2. The first-order valence-electron chi connectivity index (χ1n) is 6.65. The molecule has 0 saturated carbocycles. The van der Waals surface area contributed by atoms with Crippen molar-refractivity contribution in [1.29, 1.82) is 0 Å². The van der Waals surface area contributed by atoms with Gasteiger partial charge in [-0.2, -0.15) is 0 Å². The Balaban J connectivity index is 4.11. The number of carbonyl (C=O) groups excluding carboxylic acids is 1. The van der Waals surface area contributed by atoms with Crippen LogP contribution in [-0.4, -0.2) is 34.1 Å². The molecule has 110 valence electrons. The van der Waals surface area contributed by atoms with Crippen molar-refractivity contribution < 1.29 is 24.6 Å². The Hall–Kier alpha value is -1.59. The van der Waals surface area contributed by atoms with Gasteiger partial charge in [-0.3, -0.25) is 9.59 Å². The molecular weight excluding hydrogens is 250 g/mol. The molecule has 0 fully saturated rings. The van der Waals surface area contributed by atoms with Crippen LogP contribution in [0.5, 0.6) is 0 Å². The summed E-state index contributed by atoms with van der Waals surface area (Å²) in [5.74, 6) is -4.12. The lowest BCUT2D eigenvalue weighted by Crippen LogP contribution is -2.47. The largest absolute Gasteiger partial charge is 0.481 e. The smallest absolute Gasteiger partial charge is 0.327 e. The fourth-order valence-corrected chi connectivity index (χ4v) is 1.68. The van der Waals surface area contributed by atoms with E-state index in [1.165, 1.54) is 6.92 Å². The highest BCUT2D eigenvalue weighted by molar-refractivity contribution is 5.87. The van der Waals surface area contributed by atoms with Crippen molar-refractivity contribution in [3.8, 4) is 0 Å². The molecule has 0 aliphatic rings. The van der Waals surface area contributed by atoms with Gasteiger partial charge in [0.05, 0.1) is 5.92 Å². The molecule has 0 aliphatic heterocycles. The van der Waals surface area contributed by atoms with Crippen LogP contribution in [-0.2, 0) is 14.4 Å². The highest BCUT2D eigenvalue weighted by Crippen LogP contribution is 2.07. The normalized spacial score (nSPS) is 13.6. The van der Waals surface area contributed by atoms with Gasteiger partial charge in [0.1, 0.15) is 6.04 Å². The number of aliphatic carboxylic acids is 2. The van der Waals surface area contributed by atoms with Crippen LogP contribution in [0.2, 0.25) is 0 Å². The van der Waals surface area contributed by atoms with Gasteiger partial charge >= 0.3 is 11.9 Å². The molecule has 0 aromatic carbocycles. The molecule has 0 aromatic rings. The summed E-state index contributed by atoms with van der Waals surface area (Å²) in [6, 6.07) is -1.37. The first-order chi connectivity index (χ1) is 8.90. The van der Waals surface area contributed by atoms with Crippen molar-refractivity contribution in [2.75, 3.05) is 0 Å². The molecule has 19 heavy (non-hydrogen) atoms. The van der Waals surface area contributed by atoms with E-state index in [-0.39, 0.29) is 6.42 Å². The van der Waals surface area contributed by atoms with E-state index >= 15 is 0 Å². The van der Waals surface area contributed by atoms with E-state index in [0.29, 0.717) is 6.42 Å². The van der Waals surface area contributed by atoms with Crippen LogP contribution >= 0.6 is 0 Å². The average molecular weight is 273 g/mol. The summed E-state index contributed by atoms with van der Waals surface area (Å²) in [7, 11) is 0. The minimum Gasteiger partial charge on any atom is -0.481 e. The zero-order chi connectivity index (χ0) is 14.8. The first kappa shape index (κ1) is 17.4. The number of nitrogens with one attached hydrogen (secondary N) is 1. The van der Waals surface area contributed by atoms with Gasteiger partial charge < -0.3 is 15.5 Å². The Morgan fingerprint density at radius 3 is 2.05 bits per heavy atom. The Kier molecular flexibility index (Phi) is 8.57. The molecule has 0 heterocycles. The zero-order valence-electron chi connectivity index (χ0n) is 11.5. The van der Waals surface area contributed by atoms with Crippen LogP contribution < -0.4 is 5.32 Å². The summed E-state index contributed by atoms with van der Waals surface area (Å²) in [5, 5.41) is 19.9. The minimum atomic E-state index is -1.37. The van der Waals surface area contributed by atoms with E-state index in [9.17, 15) is 14.4 Å². The van der Waals surface area contributed by atoms with Crippen molar-refractivity contribution in [1.82, 2.24) is 5.32 Å². The van der Waals surface area contributed by atoms with Crippen LogP contribution in [0, 0.1) is 5.92 Å². The second-order valence-electron chi connectivity index (χ2n) is 4.67. The van der Waals surface area contributed by atoms with Gasteiger partial charge in [-0.15, -0.1) is 0 Å². The lowest BCUT2D eigenvalue weighted by atomic mass is 10.0. The first-order valence-corrected chi connectivity index (χ1v) is 6.65. The molecule has 6 nitrogen and oxygen atoms in total. The molecule has 0 spiro atoms. The Morgan fingerprint density at radius 2 is 1.58 bits per heavy atom. The van der Waals surface area contributed by atoms with E-state index < -0.39 is 29.8 Å². The van der Waals surface area contributed by atoms with Crippen molar-refractivity contribution >= 4 is 17.8 Å². The van der Waals surface area contributed by atoms with Crippen LogP contribution in [0.25, 0.3) is 0 Å². The van der Waals surface area contributed by atoms with Crippen LogP contribution in [0.1, 0.15) is 52.4 Å². The minimum absolute atomic E-state index is 0.236. The molecule has 6 heteroatoms. The Bertz CT molecular complexity index is 316. The monoisotopic (exact) mass is 273 g/mol. The lowest BCUT2D eigenvalue weighted by Gasteiger charge is -2.18. The molecule has 2 atom stereocenters. The van der Waals surface area contributed by atoms with Gasteiger partial charge in [-0.1, -0.05) is 32.6 Å². The Morgan fingerprint density at radius 1 is 1.00 bits per heavy atom. The molecule has 0 saturated heterocycles. The van der Waals surface area contributed by atoms with Crippen LogP contribution in [0.3, 0.4) is 0 Å². The van der Waals surface area contributed by atoms with Crippen LogP contribution in [0.4, 0.5) is 0 Å². The number of unbranched alkanes of at least 4 members (excludes halogenated alkanes) is 4. The fraction of sp³-hybridized carbons (Fsp3) is 0.769. The summed E-state index contributed by atoms with van der Waals surface area (Å²) in [6.07, 6.45) is 5.14. The van der Waals surface area contributed by atoms with Crippen LogP contribution in [0.15, 0.2) is 0 Å². The number of hydrogen-bond acceptors (Lipinski definition) is 3. The third-order valence-corrected chi connectivity index (χ3v) is 2.98. The van der Waals surface area contributed by atoms with Gasteiger partial charge in [0.2, 0.25) is 5.91 Å². The molecule has 3 N–H and O–H groups in total. The van der Waals surface area contributed by atoms with Gasteiger partial charge in [-0.05, 0) is 13.3 Å². The molecule has 1 unspecified atom stereocenters. The number of rotatable bonds is 10. The van der Waals surface area contributed by atoms with Gasteiger partial charge in [0.15, 0.2) is 0 Å². The van der Waals surface area contributed by atoms with Crippen molar-refractivity contribution in [3.63, 3.8) is 0 Å². The van der Waals surface area contributed by atoms with E-state index in [1.807, 2.05) is 0 Å². The predicted molar refractivity (Wildman–Crippen MR) is 69.7 cm³/mol. The molecule has 0 aromatic heterocycles. The fourth-order valence-electron chi connectivity index (χ4n) is 1.68. The molecule has 0 rings (SSSR count). The Labute approximate surface area is 113 Å². The quantitative estimate of drug-likeness (QED) is 0.525.